The first kappa shape index (κ1) is 19.8. The van der Waals surface area contributed by atoms with E-state index in [1.807, 2.05) is 0 Å². The summed E-state index contributed by atoms with van der Waals surface area (Å²) in [5, 5.41) is 0. The number of ether oxygens (including phenoxy) is 1. The fourth-order valence-electron chi connectivity index (χ4n) is 7.44. The standard InChI is InChI=1S/C24H34O4/c1-23-12-10-19-22(18(23)8-7-15(23)5-4-6-21(27)28-3)20(26)14-16-13-17(25)9-11-24(16,19)2/h13,15,18-19,22H,4-12,14H2,1-3H3. The van der Waals surface area contributed by atoms with Crippen LogP contribution >= 0.6 is 0 Å². The minimum absolute atomic E-state index is 0.0385. The van der Waals surface area contributed by atoms with Crippen LogP contribution in [0.2, 0.25) is 0 Å². The number of allylic oxidation sites excluding steroid dienone is 1. The minimum Gasteiger partial charge on any atom is -0.469 e. The summed E-state index contributed by atoms with van der Waals surface area (Å²) in [4.78, 5) is 36.7. The van der Waals surface area contributed by atoms with Crippen molar-refractivity contribution in [2.24, 2.45) is 34.5 Å². The summed E-state index contributed by atoms with van der Waals surface area (Å²) < 4.78 is 4.79. The van der Waals surface area contributed by atoms with E-state index in [1.165, 1.54) is 20.0 Å². The van der Waals surface area contributed by atoms with Gasteiger partial charge in [0.25, 0.3) is 0 Å². The van der Waals surface area contributed by atoms with Gasteiger partial charge in [-0.15, -0.1) is 0 Å². The van der Waals surface area contributed by atoms with Crippen LogP contribution in [0.4, 0.5) is 0 Å². The van der Waals surface area contributed by atoms with Crippen molar-refractivity contribution in [1.29, 1.82) is 0 Å². The average molecular weight is 387 g/mol. The van der Waals surface area contributed by atoms with Crippen molar-refractivity contribution in [2.45, 2.75) is 78.1 Å². The van der Waals surface area contributed by atoms with Gasteiger partial charge in [0.05, 0.1) is 7.11 Å². The SMILES string of the molecule is COC(=O)CCCC1CCC2C3C(=O)CC4=CC(=O)CCC4(C)C3CCC12C. The van der Waals surface area contributed by atoms with E-state index < -0.39 is 0 Å². The minimum atomic E-state index is -0.120. The monoisotopic (exact) mass is 386 g/mol. The van der Waals surface area contributed by atoms with Crippen molar-refractivity contribution < 1.29 is 19.1 Å². The van der Waals surface area contributed by atoms with E-state index in [-0.39, 0.29) is 28.5 Å². The molecule has 4 nitrogen and oxygen atoms in total. The third-order valence-corrected chi connectivity index (χ3v) is 9.14. The summed E-state index contributed by atoms with van der Waals surface area (Å²) in [7, 11) is 1.45. The van der Waals surface area contributed by atoms with E-state index in [4.69, 9.17) is 4.74 Å². The molecule has 3 saturated carbocycles. The van der Waals surface area contributed by atoms with Gasteiger partial charge < -0.3 is 4.74 Å². The highest BCUT2D eigenvalue weighted by Gasteiger charge is 2.61. The molecule has 28 heavy (non-hydrogen) atoms. The predicted molar refractivity (Wildman–Crippen MR) is 106 cm³/mol. The molecular formula is C24H34O4. The third kappa shape index (κ3) is 2.98. The fourth-order valence-corrected chi connectivity index (χ4v) is 7.44. The normalized spacial score (nSPS) is 42.3. The van der Waals surface area contributed by atoms with Gasteiger partial charge in [0, 0.05) is 25.2 Å². The molecule has 4 aliphatic carbocycles. The number of hydrogen-bond acceptors (Lipinski definition) is 4. The van der Waals surface area contributed by atoms with Crippen LogP contribution in [0, 0.1) is 34.5 Å². The molecule has 4 rings (SSSR count). The van der Waals surface area contributed by atoms with E-state index in [0.717, 1.165) is 37.7 Å². The number of ketones is 2. The van der Waals surface area contributed by atoms with Crippen LogP contribution in [-0.4, -0.2) is 24.6 Å². The number of carbonyl (C=O) groups excluding carboxylic acids is 3. The zero-order chi connectivity index (χ0) is 20.1. The van der Waals surface area contributed by atoms with E-state index in [9.17, 15) is 14.4 Å². The first-order chi connectivity index (χ1) is 13.3. The van der Waals surface area contributed by atoms with Gasteiger partial charge in [0.2, 0.25) is 0 Å². The summed E-state index contributed by atoms with van der Waals surface area (Å²) in [6.07, 6.45) is 10.9. The van der Waals surface area contributed by atoms with Crippen LogP contribution in [0.25, 0.3) is 0 Å². The van der Waals surface area contributed by atoms with Gasteiger partial charge in [0.1, 0.15) is 5.78 Å². The molecule has 154 valence electrons. The number of carbonyl (C=O) groups is 3. The topological polar surface area (TPSA) is 60.4 Å². The molecule has 4 aliphatic rings. The number of esters is 1. The van der Waals surface area contributed by atoms with Gasteiger partial charge in [0.15, 0.2) is 5.78 Å². The lowest BCUT2D eigenvalue weighted by molar-refractivity contribution is -0.140. The molecule has 0 aromatic heterocycles. The molecule has 0 spiro atoms. The Kier molecular flexibility index (Phi) is 5.04. The van der Waals surface area contributed by atoms with Crippen LogP contribution in [0.3, 0.4) is 0 Å². The van der Waals surface area contributed by atoms with E-state index in [0.29, 0.717) is 42.8 Å². The molecule has 0 N–H and O–H groups in total. The van der Waals surface area contributed by atoms with E-state index in [1.54, 1.807) is 6.08 Å². The Hall–Kier alpha value is -1.45. The second-order valence-electron chi connectivity index (χ2n) is 10.2. The number of rotatable bonds is 4. The predicted octanol–water partition coefficient (Wildman–Crippen LogP) is 4.66. The zero-order valence-electron chi connectivity index (χ0n) is 17.6. The highest BCUT2D eigenvalue weighted by atomic mass is 16.5. The van der Waals surface area contributed by atoms with Crippen molar-refractivity contribution in [1.82, 2.24) is 0 Å². The maximum absolute atomic E-state index is 13.3. The second kappa shape index (κ2) is 7.11. The van der Waals surface area contributed by atoms with Crippen LogP contribution < -0.4 is 0 Å². The van der Waals surface area contributed by atoms with Crippen molar-refractivity contribution in [3.63, 3.8) is 0 Å². The molecule has 4 heteroatoms. The molecule has 0 aliphatic heterocycles. The molecule has 0 saturated heterocycles. The first-order valence-electron chi connectivity index (χ1n) is 11.1. The Morgan fingerprint density at radius 1 is 1.14 bits per heavy atom. The average Bonchev–Trinajstić information content (AvgIpc) is 2.99. The Morgan fingerprint density at radius 2 is 1.93 bits per heavy atom. The second-order valence-corrected chi connectivity index (χ2v) is 10.2. The molecule has 0 bridgehead atoms. The molecular weight excluding hydrogens is 352 g/mol. The lowest BCUT2D eigenvalue weighted by atomic mass is 9.46. The van der Waals surface area contributed by atoms with Crippen molar-refractivity contribution >= 4 is 17.5 Å². The largest absolute Gasteiger partial charge is 0.469 e. The molecule has 0 aromatic rings. The zero-order valence-corrected chi connectivity index (χ0v) is 17.6. The van der Waals surface area contributed by atoms with Crippen molar-refractivity contribution in [3.8, 4) is 0 Å². The highest BCUT2D eigenvalue weighted by Crippen LogP contribution is 2.66. The fraction of sp³-hybridized carbons (Fsp3) is 0.792. The van der Waals surface area contributed by atoms with Gasteiger partial charge in [-0.1, -0.05) is 19.4 Å². The smallest absolute Gasteiger partial charge is 0.305 e. The van der Waals surface area contributed by atoms with E-state index >= 15 is 0 Å². The Bertz CT molecular complexity index is 722. The van der Waals surface area contributed by atoms with Gasteiger partial charge >= 0.3 is 5.97 Å². The van der Waals surface area contributed by atoms with Crippen LogP contribution in [0.15, 0.2) is 11.6 Å². The number of Topliss-reactive ketones (excluding diaryl/α,β-unsaturated/α-hetero) is 1. The van der Waals surface area contributed by atoms with Crippen molar-refractivity contribution in [2.75, 3.05) is 7.11 Å². The Morgan fingerprint density at radius 3 is 2.68 bits per heavy atom. The lowest BCUT2D eigenvalue weighted by Crippen LogP contribution is -2.54. The summed E-state index contributed by atoms with van der Waals surface area (Å²) in [6, 6.07) is 0. The number of hydrogen-bond donors (Lipinski definition) is 0. The first-order valence-corrected chi connectivity index (χ1v) is 11.1. The summed E-state index contributed by atoms with van der Waals surface area (Å²) in [5.74, 6) is 2.11. The Labute approximate surface area is 168 Å². The van der Waals surface area contributed by atoms with Gasteiger partial charge in [-0.2, -0.15) is 0 Å². The van der Waals surface area contributed by atoms with Gasteiger partial charge in [-0.05, 0) is 79.6 Å². The van der Waals surface area contributed by atoms with Crippen LogP contribution in [0.1, 0.15) is 78.1 Å². The number of fused-ring (bicyclic) bond motifs is 5. The molecule has 6 unspecified atom stereocenters. The molecule has 0 heterocycles. The molecule has 6 atom stereocenters. The maximum atomic E-state index is 13.3. The maximum Gasteiger partial charge on any atom is 0.305 e. The molecule has 0 amide bonds. The summed E-state index contributed by atoms with van der Waals surface area (Å²) in [5.41, 5.74) is 1.37. The summed E-state index contributed by atoms with van der Waals surface area (Å²) >= 11 is 0. The van der Waals surface area contributed by atoms with Crippen molar-refractivity contribution in [3.05, 3.63) is 11.6 Å². The quantitative estimate of drug-likeness (QED) is 0.660. The van der Waals surface area contributed by atoms with Crippen LogP contribution in [-0.2, 0) is 19.1 Å². The number of methoxy groups -OCH3 is 1. The molecule has 3 fully saturated rings. The highest BCUT2D eigenvalue weighted by molar-refractivity contribution is 5.95. The molecule has 0 aromatic carbocycles. The van der Waals surface area contributed by atoms with Gasteiger partial charge in [-0.25, -0.2) is 0 Å². The Balaban J connectivity index is 1.54. The van der Waals surface area contributed by atoms with E-state index in [2.05, 4.69) is 13.8 Å². The van der Waals surface area contributed by atoms with Gasteiger partial charge in [-0.3, -0.25) is 14.4 Å². The van der Waals surface area contributed by atoms with Crippen LogP contribution in [0.5, 0.6) is 0 Å². The third-order valence-electron chi connectivity index (χ3n) is 9.14. The summed E-state index contributed by atoms with van der Waals surface area (Å²) in [6.45, 7) is 4.73. The molecule has 0 radical (unpaired) electrons. The lowest BCUT2D eigenvalue weighted by Gasteiger charge is -2.57.